The third kappa shape index (κ3) is 3.35. The van der Waals surface area contributed by atoms with E-state index in [9.17, 15) is 0 Å². The molecule has 3 rings (SSSR count). The van der Waals surface area contributed by atoms with E-state index in [0.717, 1.165) is 16.6 Å². The highest BCUT2D eigenvalue weighted by Crippen LogP contribution is 2.36. The highest BCUT2D eigenvalue weighted by atomic mass is 16.7. The lowest BCUT2D eigenvalue weighted by atomic mass is 9.79. The monoisotopic (exact) mass is 326 g/mol. The lowest BCUT2D eigenvalue weighted by molar-refractivity contribution is -0.0979. The number of benzene rings is 1. The summed E-state index contributed by atoms with van der Waals surface area (Å²) in [5.41, 5.74) is 8.11. The van der Waals surface area contributed by atoms with Crippen LogP contribution in [0.15, 0.2) is 42.6 Å². The van der Waals surface area contributed by atoms with Gasteiger partial charge in [0.25, 0.3) is 0 Å². The van der Waals surface area contributed by atoms with Crippen LogP contribution in [0.2, 0.25) is 0 Å². The third-order valence-electron chi connectivity index (χ3n) is 4.55. The van der Waals surface area contributed by atoms with E-state index >= 15 is 0 Å². The summed E-state index contributed by atoms with van der Waals surface area (Å²) in [5, 5.41) is 0. The Morgan fingerprint density at radius 3 is 2.12 bits per heavy atom. The molecule has 0 unspecified atom stereocenters. The molecule has 24 heavy (non-hydrogen) atoms. The molecule has 0 amide bonds. The van der Waals surface area contributed by atoms with Crippen molar-refractivity contribution in [3.63, 3.8) is 0 Å². The second-order valence-electron chi connectivity index (χ2n) is 6.66. The number of nitrogen functional groups attached to an aromatic ring is 1. The van der Waals surface area contributed by atoms with Gasteiger partial charge in [-0.1, -0.05) is 30.3 Å². The van der Waals surface area contributed by atoms with E-state index in [0.29, 0.717) is 5.82 Å². The van der Waals surface area contributed by atoms with Gasteiger partial charge in [0.15, 0.2) is 0 Å². The Kier molecular flexibility index (Phi) is 5.11. The Morgan fingerprint density at radius 2 is 1.58 bits per heavy atom. The highest BCUT2D eigenvalue weighted by molar-refractivity contribution is 6.62. The molecule has 0 bridgehead atoms. The molecule has 1 saturated heterocycles. The summed E-state index contributed by atoms with van der Waals surface area (Å²) in [6, 6.07) is 12.0. The number of carbonyl (C=O) groups is 1. The first kappa shape index (κ1) is 18.2. The summed E-state index contributed by atoms with van der Waals surface area (Å²) < 4.78 is 12.2. The summed E-state index contributed by atoms with van der Waals surface area (Å²) in [6.07, 6.45) is 1.73. The molecule has 0 saturated carbocycles. The average Bonchev–Trinajstić information content (AvgIpc) is 2.78. The molecule has 0 atom stereocenters. The average molecular weight is 326 g/mol. The molecule has 2 N–H and O–H groups in total. The second kappa shape index (κ2) is 6.75. The molecular formula is C18H23BN2O3. The molecule has 2 heterocycles. The largest absolute Gasteiger partial charge is 0.496 e. The number of rotatable bonds is 2. The number of aromatic nitrogens is 1. The van der Waals surface area contributed by atoms with Crippen molar-refractivity contribution in [1.29, 1.82) is 0 Å². The summed E-state index contributed by atoms with van der Waals surface area (Å²) >= 11 is 0. The van der Waals surface area contributed by atoms with Gasteiger partial charge in [-0.3, -0.25) is 0 Å². The second-order valence-corrected chi connectivity index (χ2v) is 6.66. The van der Waals surface area contributed by atoms with Gasteiger partial charge in [-0.15, -0.1) is 0 Å². The van der Waals surface area contributed by atoms with Crippen LogP contribution >= 0.6 is 0 Å². The molecule has 0 spiro atoms. The van der Waals surface area contributed by atoms with Crippen LogP contribution in [0.4, 0.5) is 5.82 Å². The van der Waals surface area contributed by atoms with Crippen molar-refractivity contribution in [2.75, 3.05) is 5.73 Å². The fraction of sp³-hybridized carbons (Fsp3) is 0.333. The fourth-order valence-corrected chi connectivity index (χ4v) is 2.45. The van der Waals surface area contributed by atoms with E-state index in [1.807, 2.05) is 70.9 Å². The Labute approximate surface area is 143 Å². The highest BCUT2D eigenvalue weighted by Gasteiger charge is 2.51. The zero-order valence-electron chi connectivity index (χ0n) is 14.6. The van der Waals surface area contributed by atoms with Crippen molar-refractivity contribution in [3.05, 3.63) is 42.6 Å². The van der Waals surface area contributed by atoms with E-state index in [4.69, 9.17) is 19.8 Å². The minimum Gasteiger partial charge on any atom is -0.399 e. The number of pyridine rings is 1. The maximum absolute atomic E-state index is 8.00. The van der Waals surface area contributed by atoms with Crippen molar-refractivity contribution >= 4 is 25.2 Å². The van der Waals surface area contributed by atoms with Gasteiger partial charge in [0.05, 0.1) is 11.2 Å². The third-order valence-corrected chi connectivity index (χ3v) is 4.55. The minimum absolute atomic E-state index is 0.369. The number of hydrogen-bond acceptors (Lipinski definition) is 5. The van der Waals surface area contributed by atoms with Crippen LogP contribution in [-0.4, -0.2) is 30.1 Å². The first-order chi connectivity index (χ1) is 11.3. The van der Waals surface area contributed by atoms with Crippen LogP contribution in [0, 0.1) is 0 Å². The Hall–Kier alpha value is -2.18. The predicted molar refractivity (Wildman–Crippen MR) is 96.9 cm³/mol. The summed E-state index contributed by atoms with van der Waals surface area (Å²) in [4.78, 5) is 12.3. The summed E-state index contributed by atoms with van der Waals surface area (Å²) in [6.45, 7) is 10.2. The zero-order valence-corrected chi connectivity index (χ0v) is 14.6. The molecule has 1 aliphatic heterocycles. The zero-order chi connectivity index (χ0) is 18.0. The van der Waals surface area contributed by atoms with Gasteiger partial charge in [-0.25, -0.2) is 4.98 Å². The molecule has 1 fully saturated rings. The van der Waals surface area contributed by atoms with Crippen LogP contribution in [-0.2, 0) is 14.1 Å². The molecule has 1 aromatic heterocycles. The molecular weight excluding hydrogens is 303 g/mol. The van der Waals surface area contributed by atoms with E-state index in [1.54, 1.807) is 6.20 Å². The molecule has 1 aromatic carbocycles. The Balaban J connectivity index is 0.00000100. The van der Waals surface area contributed by atoms with Gasteiger partial charge in [0.1, 0.15) is 12.6 Å². The number of hydrogen-bond donors (Lipinski definition) is 1. The molecule has 1 aliphatic rings. The van der Waals surface area contributed by atoms with Gasteiger partial charge < -0.3 is 19.8 Å². The van der Waals surface area contributed by atoms with Crippen molar-refractivity contribution in [2.24, 2.45) is 0 Å². The molecule has 126 valence electrons. The van der Waals surface area contributed by atoms with Gasteiger partial charge >= 0.3 is 7.12 Å². The maximum atomic E-state index is 8.00. The Morgan fingerprint density at radius 1 is 1.04 bits per heavy atom. The van der Waals surface area contributed by atoms with Crippen molar-refractivity contribution in [1.82, 2.24) is 4.98 Å². The van der Waals surface area contributed by atoms with E-state index in [1.165, 1.54) is 0 Å². The summed E-state index contributed by atoms with van der Waals surface area (Å²) in [7, 11) is -0.430. The SMILES string of the molecule is C=O.CC1(C)OB(c2cnc(N)c(-c3ccccc3)c2)OC1(C)C. The fourth-order valence-electron chi connectivity index (χ4n) is 2.45. The van der Waals surface area contributed by atoms with Crippen molar-refractivity contribution < 1.29 is 14.1 Å². The number of carbonyl (C=O) groups excluding carboxylic acids is 1. The van der Waals surface area contributed by atoms with E-state index < -0.39 is 7.12 Å². The number of nitrogens with two attached hydrogens (primary N) is 1. The molecule has 2 aromatic rings. The standard InChI is InChI=1S/C17H21BN2O2.CH2O/c1-16(2)17(3,4)22-18(21-16)13-10-14(15(19)20-11-13)12-8-6-5-7-9-12;1-2/h5-11H,1-4H3,(H2,19,20);1H2. The minimum atomic E-state index is -0.430. The predicted octanol–water partition coefficient (Wildman–Crippen LogP) is 2.45. The van der Waals surface area contributed by atoms with Gasteiger partial charge in [0.2, 0.25) is 0 Å². The topological polar surface area (TPSA) is 74.4 Å². The normalized spacial score (nSPS) is 17.9. The summed E-state index contributed by atoms with van der Waals surface area (Å²) in [5.74, 6) is 0.506. The first-order valence-corrected chi connectivity index (χ1v) is 7.75. The Bertz CT molecular complexity index is 689. The van der Waals surface area contributed by atoms with Crippen molar-refractivity contribution in [3.8, 4) is 11.1 Å². The molecule has 6 heteroatoms. The van der Waals surface area contributed by atoms with Gasteiger partial charge in [-0.05, 0) is 39.3 Å². The van der Waals surface area contributed by atoms with E-state index in [2.05, 4.69) is 4.98 Å². The van der Waals surface area contributed by atoms with E-state index in [-0.39, 0.29) is 11.2 Å². The number of anilines is 1. The molecule has 0 radical (unpaired) electrons. The lowest BCUT2D eigenvalue weighted by Gasteiger charge is -2.32. The molecule has 5 nitrogen and oxygen atoms in total. The van der Waals surface area contributed by atoms with Gasteiger partial charge in [0, 0.05) is 17.2 Å². The lowest BCUT2D eigenvalue weighted by Crippen LogP contribution is -2.41. The maximum Gasteiger partial charge on any atom is 0.496 e. The molecule has 0 aliphatic carbocycles. The van der Waals surface area contributed by atoms with Crippen LogP contribution in [0.25, 0.3) is 11.1 Å². The van der Waals surface area contributed by atoms with Crippen LogP contribution in [0.3, 0.4) is 0 Å². The van der Waals surface area contributed by atoms with Gasteiger partial charge in [-0.2, -0.15) is 0 Å². The van der Waals surface area contributed by atoms with Crippen LogP contribution in [0.1, 0.15) is 27.7 Å². The first-order valence-electron chi connectivity index (χ1n) is 7.75. The quantitative estimate of drug-likeness (QED) is 0.858. The van der Waals surface area contributed by atoms with Crippen molar-refractivity contribution in [2.45, 2.75) is 38.9 Å². The smallest absolute Gasteiger partial charge is 0.399 e. The van der Waals surface area contributed by atoms with Crippen LogP contribution in [0.5, 0.6) is 0 Å². The van der Waals surface area contributed by atoms with Crippen LogP contribution < -0.4 is 11.2 Å². The number of nitrogens with zero attached hydrogens (tertiary/aromatic N) is 1.